The van der Waals surface area contributed by atoms with E-state index in [0.717, 1.165) is 12.8 Å². The monoisotopic (exact) mass is 188 g/mol. The average Bonchev–Trinajstić information content (AvgIpc) is 2.11. The second-order valence-electron chi connectivity index (χ2n) is 3.97. The molecule has 78 valence electrons. The molecule has 0 aromatic carbocycles. The summed E-state index contributed by atoms with van der Waals surface area (Å²) in [6, 6.07) is 0. The Balaban J connectivity index is 3.67. The van der Waals surface area contributed by atoms with E-state index in [9.17, 15) is 4.79 Å². The predicted octanol–water partition coefficient (Wildman–Crippen LogP) is -0.140. The summed E-state index contributed by atoms with van der Waals surface area (Å²) in [6.45, 7) is 4.96. The molecular formula is C9H20N2O2. The maximum absolute atomic E-state index is 10.8. The zero-order chi connectivity index (χ0) is 10.3. The number of carbonyl (C=O) groups is 1. The third-order valence-electron chi connectivity index (χ3n) is 1.96. The highest BCUT2D eigenvalue weighted by Gasteiger charge is 2.17. The topological polar surface area (TPSA) is 75.3 Å². The van der Waals surface area contributed by atoms with Crippen molar-refractivity contribution in [1.82, 2.24) is 5.32 Å². The Hall–Kier alpha value is -0.610. The molecule has 0 bridgehead atoms. The van der Waals surface area contributed by atoms with E-state index in [2.05, 4.69) is 19.2 Å². The molecule has 0 aliphatic heterocycles. The van der Waals surface area contributed by atoms with Crippen molar-refractivity contribution in [3.05, 3.63) is 0 Å². The van der Waals surface area contributed by atoms with Gasteiger partial charge in [-0.3, -0.25) is 4.79 Å². The number of rotatable bonds is 6. The van der Waals surface area contributed by atoms with Gasteiger partial charge in [-0.1, -0.05) is 13.8 Å². The average molecular weight is 188 g/mol. The Kier molecular flexibility index (Phi) is 5.66. The summed E-state index contributed by atoms with van der Waals surface area (Å²) in [6.07, 6.45) is 1.67. The molecule has 0 unspecified atom stereocenters. The summed E-state index contributed by atoms with van der Waals surface area (Å²) in [5, 5.41) is 11.4. The van der Waals surface area contributed by atoms with Crippen LogP contribution in [0.1, 0.15) is 26.7 Å². The van der Waals surface area contributed by atoms with E-state index in [1.54, 1.807) is 0 Å². The number of hydrogen-bond donors (Lipinski definition) is 3. The SMILES string of the molecule is CC(C)(CCCO)CNC(=O)CN. The fraction of sp³-hybridized carbons (Fsp3) is 0.889. The molecular weight excluding hydrogens is 168 g/mol. The van der Waals surface area contributed by atoms with Crippen molar-refractivity contribution in [2.24, 2.45) is 11.1 Å². The molecule has 0 aliphatic rings. The highest BCUT2D eigenvalue weighted by molar-refractivity contribution is 5.77. The Morgan fingerprint density at radius 3 is 2.62 bits per heavy atom. The summed E-state index contributed by atoms with van der Waals surface area (Å²) in [7, 11) is 0. The van der Waals surface area contributed by atoms with Gasteiger partial charge in [-0.25, -0.2) is 0 Å². The van der Waals surface area contributed by atoms with Crippen molar-refractivity contribution in [1.29, 1.82) is 0 Å². The predicted molar refractivity (Wildman–Crippen MR) is 52.2 cm³/mol. The van der Waals surface area contributed by atoms with Crippen LogP contribution in [-0.4, -0.2) is 30.7 Å². The van der Waals surface area contributed by atoms with Crippen molar-refractivity contribution < 1.29 is 9.90 Å². The molecule has 1 amide bonds. The molecule has 0 saturated carbocycles. The molecule has 0 saturated heterocycles. The highest BCUT2D eigenvalue weighted by atomic mass is 16.2. The summed E-state index contributed by atoms with van der Waals surface area (Å²) < 4.78 is 0. The van der Waals surface area contributed by atoms with Crippen LogP contribution < -0.4 is 11.1 Å². The molecule has 0 fully saturated rings. The minimum atomic E-state index is -0.128. The van der Waals surface area contributed by atoms with Gasteiger partial charge in [0.25, 0.3) is 0 Å². The minimum absolute atomic E-state index is 0.0353. The van der Waals surface area contributed by atoms with E-state index in [1.807, 2.05) is 0 Å². The van der Waals surface area contributed by atoms with Crippen molar-refractivity contribution in [3.63, 3.8) is 0 Å². The van der Waals surface area contributed by atoms with E-state index in [0.29, 0.717) is 6.54 Å². The molecule has 0 aromatic heterocycles. The van der Waals surface area contributed by atoms with Crippen LogP contribution in [0.3, 0.4) is 0 Å². The third-order valence-corrected chi connectivity index (χ3v) is 1.96. The third kappa shape index (κ3) is 6.54. The maximum Gasteiger partial charge on any atom is 0.233 e. The molecule has 4 N–H and O–H groups in total. The van der Waals surface area contributed by atoms with Gasteiger partial charge in [-0.15, -0.1) is 0 Å². The molecule has 0 radical (unpaired) electrons. The van der Waals surface area contributed by atoms with Crippen molar-refractivity contribution in [2.75, 3.05) is 19.7 Å². The standard InChI is InChI=1S/C9H20N2O2/c1-9(2,4-3-5-12)7-11-8(13)6-10/h12H,3-7,10H2,1-2H3,(H,11,13). The van der Waals surface area contributed by atoms with Gasteiger partial charge in [0.2, 0.25) is 5.91 Å². The molecule has 0 aromatic rings. The fourth-order valence-electron chi connectivity index (χ4n) is 1.06. The molecule has 0 rings (SSSR count). The van der Waals surface area contributed by atoms with Crippen LogP contribution in [-0.2, 0) is 4.79 Å². The number of aliphatic hydroxyl groups excluding tert-OH is 1. The van der Waals surface area contributed by atoms with Gasteiger partial charge in [0.15, 0.2) is 0 Å². The zero-order valence-electron chi connectivity index (χ0n) is 8.47. The molecule has 13 heavy (non-hydrogen) atoms. The van der Waals surface area contributed by atoms with Crippen LogP contribution in [0.4, 0.5) is 0 Å². The zero-order valence-corrected chi connectivity index (χ0v) is 8.47. The number of nitrogens with two attached hydrogens (primary N) is 1. The highest BCUT2D eigenvalue weighted by Crippen LogP contribution is 2.20. The normalized spacial score (nSPS) is 11.4. The summed E-state index contributed by atoms with van der Waals surface area (Å²) in [4.78, 5) is 10.8. The van der Waals surface area contributed by atoms with Crippen LogP contribution >= 0.6 is 0 Å². The Bertz CT molecular complexity index is 158. The minimum Gasteiger partial charge on any atom is -0.396 e. The van der Waals surface area contributed by atoms with E-state index < -0.39 is 0 Å². The molecule has 0 aliphatic carbocycles. The number of nitrogens with one attached hydrogen (secondary N) is 1. The first-order valence-electron chi connectivity index (χ1n) is 4.59. The molecule has 0 spiro atoms. The summed E-state index contributed by atoms with van der Waals surface area (Å²) in [5.74, 6) is -0.128. The first kappa shape index (κ1) is 12.4. The smallest absolute Gasteiger partial charge is 0.233 e. The van der Waals surface area contributed by atoms with Crippen LogP contribution in [0, 0.1) is 5.41 Å². The van der Waals surface area contributed by atoms with Gasteiger partial charge in [0.05, 0.1) is 6.54 Å². The first-order chi connectivity index (χ1) is 6.02. The lowest BCUT2D eigenvalue weighted by molar-refractivity contribution is -0.120. The quantitative estimate of drug-likeness (QED) is 0.543. The van der Waals surface area contributed by atoms with Gasteiger partial charge < -0.3 is 16.2 Å². The van der Waals surface area contributed by atoms with Crippen LogP contribution in [0.25, 0.3) is 0 Å². The molecule has 4 heteroatoms. The van der Waals surface area contributed by atoms with Crippen LogP contribution in [0.5, 0.6) is 0 Å². The van der Waals surface area contributed by atoms with Gasteiger partial charge in [0.1, 0.15) is 0 Å². The van der Waals surface area contributed by atoms with Gasteiger partial charge in [-0.05, 0) is 18.3 Å². The summed E-state index contributed by atoms with van der Waals surface area (Å²) >= 11 is 0. The van der Waals surface area contributed by atoms with Gasteiger partial charge >= 0.3 is 0 Å². The van der Waals surface area contributed by atoms with Crippen molar-refractivity contribution in [3.8, 4) is 0 Å². The van der Waals surface area contributed by atoms with Gasteiger partial charge in [0, 0.05) is 13.2 Å². The van der Waals surface area contributed by atoms with E-state index in [1.165, 1.54) is 0 Å². The number of hydrogen-bond acceptors (Lipinski definition) is 3. The van der Waals surface area contributed by atoms with E-state index in [-0.39, 0.29) is 24.5 Å². The molecule has 0 atom stereocenters. The number of carbonyl (C=O) groups excluding carboxylic acids is 1. The summed E-state index contributed by atoms with van der Waals surface area (Å²) in [5.41, 5.74) is 5.18. The van der Waals surface area contributed by atoms with Crippen molar-refractivity contribution >= 4 is 5.91 Å². The van der Waals surface area contributed by atoms with E-state index in [4.69, 9.17) is 10.8 Å². The molecule has 0 heterocycles. The second-order valence-corrected chi connectivity index (χ2v) is 3.97. The maximum atomic E-state index is 10.8. The first-order valence-corrected chi connectivity index (χ1v) is 4.59. The molecule has 4 nitrogen and oxygen atoms in total. The van der Waals surface area contributed by atoms with Crippen LogP contribution in [0.2, 0.25) is 0 Å². The largest absolute Gasteiger partial charge is 0.396 e. The number of aliphatic hydroxyl groups is 1. The van der Waals surface area contributed by atoms with Gasteiger partial charge in [-0.2, -0.15) is 0 Å². The second kappa shape index (κ2) is 5.94. The lowest BCUT2D eigenvalue weighted by atomic mass is 9.88. The Labute approximate surface area is 79.5 Å². The Morgan fingerprint density at radius 2 is 2.15 bits per heavy atom. The number of amides is 1. The fourth-order valence-corrected chi connectivity index (χ4v) is 1.06. The van der Waals surface area contributed by atoms with E-state index >= 15 is 0 Å². The van der Waals surface area contributed by atoms with Crippen LogP contribution in [0.15, 0.2) is 0 Å². The Morgan fingerprint density at radius 1 is 1.54 bits per heavy atom. The lowest BCUT2D eigenvalue weighted by Crippen LogP contribution is -2.37. The van der Waals surface area contributed by atoms with Crippen molar-refractivity contribution in [2.45, 2.75) is 26.7 Å². The lowest BCUT2D eigenvalue weighted by Gasteiger charge is -2.24.